The van der Waals surface area contributed by atoms with Crippen LogP contribution in [-0.4, -0.2) is 0 Å². The number of hydrogen-bond acceptors (Lipinski definition) is 2. The van der Waals surface area contributed by atoms with Crippen LogP contribution >= 0.6 is 0 Å². The number of rotatable bonds is 7. The molecular weight excluding hydrogens is 605 g/mol. The van der Waals surface area contributed by atoms with Crippen molar-refractivity contribution in [3.05, 3.63) is 206 Å². The molecule has 0 amide bonds. The molecule has 0 heterocycles. The predicted molar refractivity (Wildman–Crippen MR) is 214 cm³/mol. The first-order valence-electron chi connectivity index (χ1n) is 17.1. The van der Waals surface area contributed by atoms with Gasteiger partial charge in [0.1, 0.15) is 0 Å². The van der Waals surface area contributed by atoms with E-state index in [-0.39, 0.29) is 0 Å². The van der Waals surface area contributed by atoms with Gasteiger partial charge in [0.2, 0.25) is 0 Å². The molecule has 2 heteroatoms. The first-order chi connectivity index (χ1) is 24.8. The average molecular weight is 639 g/mol. The molecule has 0 aliphatic heterocycles. The Kier molecular flexibility index (Phi) is 7.53. The second kappa shape index (κ2) is 12.8. The highest BCUT2D eigenvalue weighted by molar-refractivity contribution is 6.15. The van der Waals surface area contributed by atoms with Crippen molar-refractivity contribution in [3.8, 4) is 11.1 Å². The summed E-state index contributed by atoms with van der Waals surface area (Å²) in [7, 11) is 0. The van der Waals surface area contributed by atoms with Crippen LogP contribution in [0.1, 0.15) is 0 Å². The topological polar surface area (TPSA) is 6.48 Å². The van der Waals surface area contributed by atoms with E-state index >= 15 is 0 Å². The van der Waals surface area contributed by atoms with Gasteiger partial charge in [-0.1, -0.05) is 121 Å². The van der Waals surface area contributed by atoms with Gasteiger partial charge in [0.25, 0.3) is 0 Å². The lowest BCUT2D eigenvalue weighted by atomic mass is 9.90. The fraction of sp³-hybridized carbons (Fsp3) is 0. The second-order valence-corrected chi connectivity index (χ2v) is 12.6. The molecule has 50 heavy (non-hydrogen) atoms. The van der Waals surface area contributed by atoms with E-state index in [1.807, 2.05) is 0 Å². The zero-order valence-electron chi connectivity index (χ0n) is 27.5. The molecule has 2 nitrogen and oxygen atoms in total. The Hall–Kier alpha value is -6.64. The average Bonchev–Trinajstić information content (AvgIpc) is 3.19. The largest absolute Gasteiger partial charge is 0.310 e. The van der Waals surface area contributed by atoms with Gasteiger partial charge in [0, 0.05) is 34.1 Å². The highest BCUT2D eigenvalue weighted by atomic mass is 15.1. The Bertz CT molecular complexity index is 2500. The van der Waals surface area contributed by atoms with Crippen molar-refractivity contribution < 1.29 is 0 Å². The quantitative estimate of drug-likeness (QED) is 0.160. The molecule has 0 saturated heterocycles. The van der Waals surface area contributed by atoms with Gasteiger partial charge in [-0.3, -0.25) is 0 Å². The van der Waals surface area contributed by atoms with Crippen LogP contribution in [0.25, 0.3) is 43.4 Å². The SMILES string of the molecule is c1ccc(N(c2ccccc2)c2ccc3c(-c4ccc5ccccc5c4)c4cc(N(c5ccccc5)c5ccccc5)ccc4cc3c2)cc1. The third-order valence-electron chi connectivity index (χ3n) is 9.53. The first-order valence-corrected chi connectivity index (χ1v) is 17.1. The van der Waals surface area contributed by atoms with Crippen LogP contribution in [0.2, 0.25) is 0 Å². The number of anilines is 6. The fourth-order valence-electron chi connectivity index (χ4n) is 7.23. The summed E-state index contributed by atoms with van der Waals surface area (Å²) >= 11 is 0. The Morgan fingerprint density at radius 1 is 0.240 bits per heavy atom. The molecule has 0 aromatic heterocycles. The summed E-state index contributed by atoms with van der Waals surface area (Å²) in [5.41, 5.74) is 9.18. The molecule has 9 aromatic rings. The van der Waals surface area contributed by atoms with Crippen molar-refractivity contribution >= 4 is 66.4 Å². The summed E-state index contributed by atoms with van der Waals surface area (Å²) in [5.74, 6) is 0. The van der Waals surface area contributed by atoms with Gasteiger partial charge in [0.15, 0.2) is 0 Å². The smallest absolute Gasteiger partial charge is 0.0468 e. The molecule has 0 spiro atoms. The van der Waals surface area contributed by atoms with E-state index in [9.17, 15) is 0 Å². The summed E-state index contributed by atoms with van der Waals surface area (Å²) in [6.45, 7) is 0. The Labute approximate surface area is 292 Å². The summed E-state index contributed by atoms with van der Waals surface area (Å²) in [6, 6.07) is 74.2. The Morgan fingerprint density at radius 2 is 0.700 bits per heavy atom. The van der Waals surface area contributed by atoms with Crippen molar-refractivity contribution in [1.29, 1.82) is 0 Å². The van der Waals surface area contributed by atoms with Gasteiger partial charge in [0.05, 0.1) is 0 Å². The minimum Gasteiger partial charge on any atom is -0.310 e. The van der Waals surface area contributed by atoms with Crippen molar-refractivity contribution in [1.82, 2.24) is 0 Å². The lowest BCUT2D eigenvalue weighted by molar-refractivity contribution is 1.29. The first kappa shape index (κ1) is 29.5. The van der Waals surface area contributed by atoms with E-state index in [1.54, 1.807) is 0 Å². The normalized spacial score (nSPS) is 11.2. The summed E-state index contributed by atoms with van der Waals surface area (Å²) < 4.78 is 0. The number of nitrogens with zero attached hydrogens (tertiary/aromatic N) is 2. The molecule has 0 radical (unpaired) electrons. The lowest BCUT2D eigenvalue weighted by Gasteiger charge is -2.27. The minimum absolute atomic E-state index is 1.12. The predicted octanol–water partition coefficient (Wildman–Crippen LogP) is 13.8. The molecule has 0 unspecified atom stereocenters. The number of hydrogen-bond donors (Lipinski definition) is 0. The third-order valence-corrected chi connectivity index (χ3v) is 9.53. The zero-order valence-corrected chi connectivity index (χ0v) is 27.5. The molecular formula is C48H34N2. The second-order valence-electron chi connectivity index (χ2n) is 12.6. The molecule has 0 bridgehead atoms. The van der Waals surface area contributed by atoms with Crippen molar-refractivity contribution in [2.24, 2.45) is 0 Å². The van der Waals surface area contributed by atoms with Gasteiger partial charge in [-0.25, -0.2) is 0 Å². The van der Waals surface area contributed by atoms with Gasteiger partial charge in [-0.2, -0.15) is 0 Å². The summed E-state index contributed by atoms with van der Waals surface area (Å²) in [6.07, 6.45) is 0. The molecule has 236 valence electrons. The number of benzene rings is 9. The monoisotopic (exact) mass is 638 g/mol. The Balaban J connectivity index is 1.30. The molecule has 0 fully saturated rings. The van der Waals surface area contributed by atoms with Crippen molar-refractivity contribution in [2.75, 3.05) is 9.80 Å². The number of fused-ring (bicyclic) bond motifs is 3. The van der Waals surface area contributed by atoms with Gasteiger partial charge < -0.3 is 9.80 Å². The Morgan fingerprint density at radius 3 is 1.26 bits per heavy atom. The highest BCUT2D eigenvalue weighted by Gasteiger charge is 2.18. The summed E-state index contributed by atoms with van der Waals surface area (Å²) in [4.78, 5) is 4.68. The summed E-state index contributed by atoms with van der Waals surface area (Å²) in [5, 5.41) is 7.32. The molecule has 0 aliphatic rings. The van der Waals surface area contributed by atoms with Crippen LogP contribution in [0.4, 0.5) is 34.1 Å². The zero-order chi connectivity index (χ0) is 33.3. The van der Waals surface area contributed by atoms with E-state index in [1.165, 1.54) is 43.4 Å². The van der Waals surface area contributed by atoms with Crippen LogP contribution in [0, 0.1) is 0 Å². The van der Waals surface area contributed by atoms with Crippen LogP contribution < -0.4 is 9.80 Å². The maximum atomic E-state index is 2.37. The van der Waals surface area contributed by atoms with Crippen LogP contribution in [-0.2, 0) is 0 Å². The molecule has 0 atom stereocenters. The van der Waals surface area contributed by atoms with Gasteiger partial charge in [-0.15, -0.1) is 0 Å². The molecule has 9 rings (SSSR count). The van der Waals surface area contributed by atoms with E-state index in [0.717, 1.165) is 34.1 Å². The molecule has 0 saturated carbocycles. The van der Waals surface area contributed by atoms with Crippen LogP contribution in [0.3, 0.4) is 0 Å². The van der Waals surface area contributed by atoms with E-state index in [2.05, 4.69) is 216 Å². The fourth-order valence-corrected chi connectivity index (χ4v) is 7.23. The standard InChI is InChI=1S/C48H34N2/c1-5-17-40(18-6-1)49(41-19-7-2-8-20-41)44-29-30-46-39(33-44)32-37-27-28-45(50(42-21-9-3-10-22-42)43-23-11-4-12-24-43)34-47(37)48(46)38-26-25-35-15-13-14-16-36(35)31-38/h1-34H. The van der Waals surface area contributed by atoms with E-state index in [0.29, 0.717) is 0 Å². The van der Waals surface area contributed by atoms with Crippen molar-refractivity contribution in [3.63, 3.8) is 0 Å². The molecule has 0 N–H and O–H groups in total. The maximum Gasteiger partial charge on any atom is 0.0468 e. The minimum atomic E-state index is 1.12. The van der Waals surface area contributed by atoms with E-state index in [4.69, 9.17) is 0 Å². The highest BCUT2D eigenvalue weighted by Crippen LogP contribution is 2.44. The maximum absolute atomic E-state index is 2.37. The van der Waals surface area contributed by atoms with Gasteiger partial charge >= 0.3 is 0 Å². The number of para-hydroxylation sites is 4. The van der Waals surface area contributed by atoms with Crippen LogP contribution in [0.15, 0.2) is 206 Å². The molecule has 0 aliphatic carbocycles. The van der Waals surface area contributed by atoms with Gasteiger partial charge in [-0.05, 0) is 128 Å². The molecule has 9 aromatic carbocycles. The van der Waals surface area contributed by atoms with Crippen LogP contribution in [0.5, 0.6) is 0 Å². The van der Waals surface area contributed by atoms with E-state index < -0.39 is 0 Å². The van der Waals surface area contributed by atoms with Crippen molar-refractivity contribution in [2.45, 2.75) is 0 Å². The lowest BCUT2D eigenvalue weighted by Crippen LogP contribution is -2.10. The third kappa shape index (κ3) is 5.43.